The van der Waals surface area contributed by atoms with Gasteiger partial charge in [0.15, 0.2) is 0 Å². The molecule has 1 fully saturated rings. The van der Waals surface area contributed by atoms with Gasteiger partial charge in [-0.2, -0.15) is 0 Å². The maximum absolute atomic E-state index is 12.4. The normalized spacial score (nSPS) is 19.4. The Balaban J connectivity index is 2.51. The molecule has 33 heavy (non-hydrogen) atoms. The van der Waals surface area contributed by atoms with Crippen LogP contribution in [-0.2, 0) is 28.6 Å². The molecule has 4 atom stereocenters. The summed E-state index contributed by atoms with van der Waals surface area (Å²) >= 11 is 0. The fourth-order valence-electron chi connectivity index (χ4n) is 4.43. The van der Waals surface area contributed by atoms with Crippen molar-refractivity contribution < 1.29 is 28.6 Å². The zero-order valence-electron chi connectivity index (χ0n) is 21.1. The van der Waals surface area contributed by atoms with Crippen molar-refractivity contribution in [1.29, 1.82) is 0 Å². The fraction of sp³-hybridized carbons (Fsp3) is 0.885. The molecule has 0 radical (unpaired) electrons. The van der Waals surface area contributed by atoms with Gasteiger partial charge in [0.25, 0.3) is 5.91 Å². The van der Waals surface area contributed by atoms with Crippen molar-refractivity contribution in [2.24, 2.45) is 11.7 Å². The lowest BCUT2D eigenvalue weighted by atomic mass is 9.86. The van der Waals surface area contributed by atoms with Crippen molar-refractivity contribution >= 4 is 17.8 Å². The second-order valence-corrected chi connectivity index (χ2v) is 9.36. The van der Waals surface area contributed by atoms with E-state index in [1.807, 2.05) is 0 Å². The average Bonchev–Trinajstić information content (AvgIpc) is 2.77. The Morgan fingerprint density at radius 2 is 1.45 bits per heavy atom. The van der Waals surface area contributed by atoms with Crippen LogP contribution in [0.25, 0.3) is 0 Å². The quantitative estimate of drug-likeness (QED) is 0.140. The average molecular weight is 470 g/mol. The van der Waals surface area contributed by atoms with Crippen molar-refractivity contribution in [1.82, 2.24) is 0 Å². The van der Waals surface area contributed by atoms with Gasteiger partial charge in [-0.1, -0.05) is 90.9 Å². The number of methoxy groups -OCH3 is 1. The summed E-state index contributed by atoms with van der Waals surface area (Å²) in [6.45, 7) is 4.38. The summed E-state index contributed by atoms with van der Waals surface area (Å²) < 4.78 is 15.9. The summed E-state index contributed by atoms with van der Waals surface area (Å²) in [5.74, 6) is -1.92. The minimum Gasteiger partial charge on any atom is -0.461 e. The summed E-state index contributed by atoms with van der Waals surface area (Å²) in [5, 5.41) is 0. The van der Waals surface area contributed by atoms with Crippen LogP contribution in [0.5, 0.6) is 0 Å². The number of cyclic esters (lactones) is 1. The van der Waals surface area contributed by atoms with Crippen molar-refractivity contribution in [2.45, 2.75) is 135 Å². The molecule has 1 saturated heterocycles. The Bertz CT molecular complexity index is 567. The Morgan fingerprint density at radius 1 is 0.909 bits per heavy atom. The molecule has 1 rings (SSSR count). The van der Waals surface area contributed by atoms with E-state index in [-0.39, 0.29) is 18.0 Å². The van der Waals surface area contributed by atoms with Crippen LogP contribution in [0.4, 0.5) is 0 Å². The van der Waals surface area contributed by atoms with Gasteiger partial charge in [0.1, 0.15) is 12.2 Å². The molecule has 1 amide bonds. The van der Waals surface area contributed by atoms with Gasteiger partial charge in [-0.3, -0.25) is 9.59 Å². The zero-order chi connectivity index (χ0) is 24.5. The van der Waals surface area contributed by atoms with E-state index in [2.05, 4.69) is 13.8 Å². The van der Waals surface area contributed by atoms with Crippen LogP contribution in [0.15, 0.2) is 0 Å². The van der Waals surface area contributed by atoms with Crippen molar-refractivity contribution in [2.75, 3.05) is 7.11 Å². The fourth-order valence-corrected chi connectivity index (χ4v) is 4.43. The topological polar surface area (TPSA) is 105 Å². The maximum Gasteiger partial charge on any atom is 0.345 e. The Morgan fingerprint density at radius 3 is 1.97 bits per heavy atom. The lowest BCUT2D eigenvalue weighted by molar-refractivity contribution is -0.191. The van der Waals surface area contributed by atoms with Gasteiger partial charge in [0.2, 0.25) is 6.10 Å². The standard InChI is InChI=1S/C26H47NO6/c1-4-6-8-10-11-12-13-14-15-17-20(32-26(30)23(31-3)24(27)28)19-22-21(25(29)33-22)18-16-9-7-5-2/h20-23H,4-19H2,1-3H3,(H2,27,28)/t20-,21-,22-,23?/m0/s1. The highest BCUT2D eigenvalue weighted by Crippen LogP contribution is 2.32. The van der Waals surface area contributed by atoms with Gasteiger partial charge in [0.05, 0.1) is 5.92 Å². The first-order valence-corrected chi connectivity index (χ1v) is 13.2. The second kappa shape index (κ2) is 17.8. The molecule has 0 spiro atoms. The summed E-state index contributed by atoms with van der Waals surface area (Å²) in [7, 11) is 1.26. The highest BCUT2D eigenvalue weighted by atomic mass is 16.6. The van der Waals surface area contributed by atoms with E-state index in [0.29, 0.717) is 12.8 Å². The lowest BCUT2D eigenvalue weighted by Crippen LogP contribution is -2.48. The number of carbonyl (C=O) groups is 3. The van der Waals surface area contributed by atoms with Crippen LogP contribution >= 0.6 is 0 Å². The number of nitrogens with two attached hydrogens (primary N) is 1. The number of hydrogen-bond acceptors (Lipinski definition) is 6. The number of rotatable bonds is 21. The van der Waals surface area contributed by atoms with Crippen LogP contribution in [-0.4, -0.2) is 43.3 Å². The van der Waals surface area contributed by atoms with E-state index in [0.717, 1.165) is 51.4 Å². The van der Waals surface area contributed by atoms with Crippen LogP contribution < -0.4 is 5.73 Å². The first kappa shape index (κ1) is 29.4. The molecular formula is C26H47NO6. The summed E-state index contributed by atoms with van der Waals surface area (Å²) in [6.07, 6.45) is 15.1. The number of hydrogen-bond donors (Lipinski definition) is 1. The van der Waals surface area contributed by atoms with Gasteiger partial charge < -0.3 is 19.9 Å². The molecule has 1 heterocycles. The smallest absolute Gasteiger partial charge is 0.345 e. The van der Waals surface area contributed by atoms with Gasteiger partial charge in [-0.25, -0.2) is 4.79 Å². The second-order valence-electron chi connectivity index (χ2n) is 9.36. The molecule has 0 bridgehead atoms. The molecule has 1 unspecified atom stereocenters. The summed E-state index contributed by atoms with van der Waals surface area (Å²) in [5.41, 5.74) is 5.25. The van der Waals surface area contributed by atoms with Gasteiger partial charge in [-0.15, -0.1) is 0 Å². The number of esters is 2. The molecule has 2 N–H and O–H groups in total. The number of unbranched alkanes of at least 4 members (excludes halogenated alkanes) is 11. The predicted molar refractivity (Wildman–Crippen MR) is 128 cm³/mol. The Kier molecular flexibility index (Phi) is 15.9. The predicted octanol–water partition coefficient (Wildman–Crippen LogP) is 5.22. The largest absolute Gasteiger partial charge is 0.461 e. The van der Waals surface area contributed by atoms with Crippen LogP contribution in [0, 0.1) is 5.92 Å². The highest BCUT2D eigenvalue weighted by Gasteiger charge is 2.43. The maximum atomic E-state index is 12.4. The third-order valence-corrected chi connectivity index (χ3v) is 6.50. The van der Waals surface area contributed by atoms with Gasteiger partial charge in [0, 0.05) is 13.5 Å². The Labute approximate surface area is 200 Å². The van der Waals surface area contributed by atoms with E-state index in [4.69, 9.17) is 19.9 Å². The highest BCUT2D eigenvalue weighted by molar-refractivity contribution is 6.00. The van der Waals surface area contributed by atoms with E-state index in [1.54, 1.807) is 0 Å². The monoisotopic (exact) mass is 469 g/mol. The molecule has 7 nitrogen and oxygen atoms in total. The Hall–Kier alpha value is -1.63. The molecule has 7 heteroatoms. The van der Waals surface area contributed by atoms with Crippen molar-refractivity contribution in [3.63, 3.8) is 0 Å². The zero-order valence-corrected chi connectivity index (χ0v) is 21.1. The summed E-state index contributed by atoms with van der Waals surface area (Å²) in [4.78, 5) is 35.8. The van der Waals surface area contributed by atoms with E-state index < -0.39 is 24.1 Å². The molecule has 1 aliphatic rings. The first-order chi connectivity index (χ1) is 15.9. The number of carbonyl (C=O) groups excluding carboxylic acids is 3. The van der Waals surface area contributed by atoms with E-state index in [9.17, 15) is 14.4 Å². The number of primary amides is 1. The lowest BCUT2D eigenvalue weighted by Gasteiger charge is -2.37. The van der Waals surface area contributed by atoms with Crippen LogP contribution in [0.1, 0.15) is 117 Å². The first-order valence-electron chi connectivity index (χ1n) is 13.2. The van der Waals surface area contributed by atoms with Gasteiger partial charge >= 0.3 is 11.9 Å². The third-order valence-electron chi connectivity index (χ3n) is 6.50. The van der Waals surface area contributed by atoms with Crippen molar-refractivity contribution in [3.05, 3.63) is 0 Å². The SMILES string of the molecule is CCCCCCCCCCC[C@@H](C[C@@H]1OC(=O)[C@H]1CCCCCC)OC(=O)C(OC)C(N)=O. The minimum atomic E-state index is -1.41. The minimum absolute atomic E-state index is 0.124. The molecule has 192 valence electrons. The van der Waals surface area contributed by atoms with Crippen LogP contribution in [0.2, 0.25) is 0 Å². The number of ether oxygens (including phenoxy) is 3. The van der Waals surface area contributed by atoms with E-state index >= 15 is 0 Å². The van der Waals surface area contributed by atoms with Crippen molar-refractivity contribution in [3.8, 4) is 0 Å². The molecule has 1 aliphatic heterocycles. The van der Waals surface area contributed by atoms with Crippen LogP contribution in [0.3, 0.4) is 0 Å². The van der Waals surface area contributed by atoms with E-state index in [1.165, 1.54) is 45.6 Å². The molecule has 0 aromatic heterocycles. The molecular weight excluding hydrogens is 422 g/mol. The number of amides is 1. The summed E-state index contributed by atoms with van der Waals surface area (Å²) in [6, 6.07) is 0. The molecule has 0 aliphatic carbocycles. The molecule has 0 aromatic carbocycles. The molecule has 0 aromatic rings. The third kappa shape index (κ3) is 11.9. The molecule has 0 saturated carbocycles. The van der Waals surface area contributed by atoms with Gasteiger partial charge in [-0.05, 0) is 19.3 Å².